The molecule has 1 N–H and O–H groups in total. The molecule has 0 amide bonds. The molecule has 0 atom stereocenters. The number of aryl methyl sites for hydroxylation is 2. The molecule has 0 bridgehead atoms. The summed E-state index contributed by atoms with van der Waals surface area (Å²) in [6.07, 6.45) is 0.699. The summed E-state index contributed by atoms with van der Waals surface area (Å²) in [5.74, 6) is -0.553. The van der Waals surface area contributed by atoms with Crippen molar-refractivity contribution in [3.05, 3.63) is 33.0 Å². The summed E-state index contributed by atoms with van der Waals surface area (Å²) in [6.45, 7) is 8.11. The van der Waals surface area contributed by atoms with E-state index in [1.54, 1.807) is 0 Å². The maximum absolute atomic E-state index is 11.3. The zero-order chi connectivity index (χ0) is 14.3. The summed E-state index contributed by atoms with van der Waals surface area (Å²) in [5, 5.41) is 10.2. The summed E-state index contributed by atoms with van der Waals surface area (Å²) < 4.78 is 6.57. The van der Waals surface area contributed by atoms with Crippen molar-refractivity contribution in [3.63, 3.8) is 0 Å². The van der Waals surface area contributed by atoms with Gasteiger partial charge >= 0.3 is 5.97 Å². The molecule has 0 saturated heterocycles. The second-order valence-electron chi connectivity index (χ2n) is 5.32. The third-order valence-electron chi connectivity index (χ3n) is 3.24. The molecule has 0 saturated carbocycles. The van der Waals surface area contributed by atoms with Gasteiger partial charge in [0.15, 0.2) is 0 Å². The number of hydrogen-bond acceptors (Lipinski definition) is 2. The van der Waals surface area contributed by atoms with E-state index in [0.717, 1.165) is 26.5 Å². The van der Waals surface area contributed by atoms with Gasteiger partial charge in [0.1, 0.15) is 5.58 Å². The Balaban J connectivity index is 2.83. The van der Waals surface area contributed by atoms with Crippen LogP contribution in [0, 0.1) is 19.8 Å². The maximum atomic E-state index is 11.3. The summed E-state index contributed by atoms with van der Waals surface area (Å²) >= 11 is 3.56. The van der Waals surface area contributed by atoms with Gasteiger partial charge in [0.25, 0.3) is 0 Å². The molecule has 0 aliphatic heterocycles. The van der Waals surface area contributed by atoms with Crippen molar-refractivity contribution >= 4 is 32.9 Å². The van der Waals surface area contributed by atoms with Gasteiger partial charge < -0.3 is 9.52 Å². The molecule has 1 heterocycles. The van der Waals surface area contributed by atoms with Crippen LogP contribution in [-0.4, -0.2) is 11.1 Å². The van der Waals surface area contributed by atoms with E-state index in [0.29, 0.717) is 17.9 Å². The van der Waals surface area contributed by atoms with Gasteiger partial charge in [0.05, 0.1) is 0 Å². The van der Waals surface area contributed by atoms with Gasteiger partial charge in [-0.1, -0.05) is 29.8 Å². The van der Waals surface area contributed by atoms with Gasteiger partial charge in [0, 0.05) is 15.4 Å². The Labute approximate surface area is 120 Å². The van der Waals surface area contributed by atoms with E-state index < -0.39 is 5.97 Å². The van der Waals surface area contributed by atoms with Gasteiger partial charge in [-0.05, 0) is 43.4 Å². The molecule has 1 aromatic carbocycles. The predicted octanol–water partition coefficient (Wildman–Crippen LogP) is 4.71. The molecule has 0 unspecified atom stereocenters. The van der Waals surface area contributed by atoms with Crippen molar-refractivity contribution in [3.8, 4) is 0 Å². The number of furan rings is 1. The van der Waals surface area contributed by atoms with Crippen LogP contribution in [0.3, 0.4) is 0 Å². The molecule has 0 spiro atoms. The zero-order valence-electron chi connectivity index (χ0n) is 11.5. The molecule has 0 fully saturated rings. The molecule has 4 heteroatoms. The highest BCUT2D eigenvalue weighted by molar-refractivity contribution is 9.10. The molecule has 1 aromatic heterocycles. The minimum absolute atomic E-state index is 0.0734. The molecule has 0 aliphatic carbocycles. The number of carboxylic acid groups (broad SMARTS) is 1. The first-order chi connectivity index (χ1) is 8.82. The van der Waals surface area contributed by atoms with E-state index in [1.165, 1.54) is 0 Å². The number of hydrogen-bond donors (Lipinski definition) is 1. The lowest BCUT2D eigenvalue weighted by molar-refractivity contribution is 0.0663. The van der Waals surface area contributed by atoms with E-state index in [1.807, 2.05) is 19.9 Å². The monoisotopic (exact) mass is 324 g/mol. The SMILES string of the molecule is Cc1cc2oc(C(=O)O)c(CC(C)C)c2c(C)c1Br. The highest BCUT2D eigenvalue weighted by Crippen LogP contribution is 2.36. The van der Waals surface area contributed by atoms with Gasteiger partial charge in [-0.2, -0.15) is 0 Å². The quantitative estimate of drug-likeness (QED) is 0.889. The zero-order valence-corrected chi connectivity index (χ0v) is 13.1. The van der Waals surface area contributed by atoms with Crippen LogP contribution in [0.5, 0.6) is 0 Å². The average molecular weight is 325 g/mol. The summed E-state index contributed by atoms with van der Waals surface area (Å²) in [6, 6.07) is 1.89. The molecule has 0 aliphatic rings. The molecule has 2 rings (SSSR count). The van der Waals surface area contributed by atoms with Crippen LogP contribution in [0.25, 0.3) is 11.0 Å². The third-order valence-corrected chi connectivity index (χ3v) is 4.46. The molecule has 2 aromatic rings. The topological polar surface area (TPSA) is 50.4 Å². The first kappa shape index (κ1) is 14.1. The second-order valence-corrected chi connectivity index (χ2v) is 6.11. The largest absolute Gasteiger partial charge is 0.475 e. The van der Waals surface area contributed by atoms with E-state index in [4.69, 9.17) is 4.42 Å². The molecular formula is C15H17BrO3. The fourth-order valence-electron chi connectivity index (χ4n) is 2.44. The number of aromatic carboxylic acids is 1. The van der Waals surface area contributed by atoms with E-state index in [-0.39, 0.29) is 5.76 Å². The Kier molecular flexibility index (Phi) is 3.72. The minimum Gasteiger partial charge on any atom is -0.475 e. The fraction of sp³-hybridized carbons (Fsp3) is 0.400. The van der Waals surface area contributed by atoms with Gasteiger partial charge in [-0.25, -0.2) is 4.79 Å². The van der Waals surface area contributed by atoms with Gasteiger partial charge in [-0.3, -0.25) is 0 Å². The smallest absolute Gasteiger partial charge is 0.372 e. The summed E-state index contributed by atoms with van der Waals surface area (Å²) in [7, 11) is 0. The van der Waals surface area contributed by atoms with Crippen molar-refractivity contribution < 1.29 is 14.3 Å². The number of benzene rings is 1. The van der Waals surface area contributed by atoms with Gasteiger partial charge in [0.2, 0.25) is 5.76 Å². The van der Waals surface area contributed by atoms with Gasteiger partial charge in [-0.15, -0.1) is 0 Å². The van der Waals surface area contributed by atoms with Crippen LogP contribution in [0.2, 0.25) is 0 Å². The lowest BCUT2D eigenvalue weighted by Gasteiger charge is -2.08. The van der Waals surface area contributed by atoms with Crippen LogP contribution < -0.4 is 0 Å². The van der Waals surface area contributed by atoms with Crippen molar-refractivity contribution in [1.82, 2.24) is 0 Å². The van der Waals surface area contributed by atoms with Crippen LogP contribution in [-0.2, 0) is 6.42 Å². The Morgan fingerprint density at radius 3 is 2.58 bits per heavy atom. The third kappa shape index (κ3) is 2.41. The standard InChI is InChI=1S/C15H17BrO3/c1-7(2)5-10-12-9(4)13(16)8(3)6-11(12)19-14(10)15(17)18/h6-7H,5H2,1-4H3,(H,17,18). The Morgan fingerprint density at radius 2 is 2.05 bits per heavy atom. The minimum atomic E-state index is -1.000. The number of fused-ring (bicyclic) bond motifs is 1. The molecule has 19 heavy (non-hydrogen) atoms. The first-order valence-corrected chi connectivity index (χ1v) is 7.06. The number of halogens is 1. The van der Waals surface area contributed by atoms with E-state index in [9.17, 15) is 9.90 Å². The maximum Gasteiger partial charge on any atom is 0.372 e. The highest BCUT2D eigenvalue weighted by Gasteiger charge is 2.23. The number of rotatable bonds is 3. The number of carboxylic acids is 1. The predicted molar refractivity (Wildman–Crippen MR) is 78.9 cm³/mol. The van der Waals surface area contributed by atoms with Crippen molar-refractivity contribution in [2.75, 3.05) is 0 Å². The second kappa shape index (κ2) is 5.00. The summed E-state index contributed by atoms with van der Waals surface area (Å²) in [5.41, 5.74) is 3.55. The molecular weight excluding hydrogens is 308 g/mol. The normalized spacial score (nSPS) is 11.5. The average Bonchev–Trinajstić information content (AvgIpc) is 2.64. The fourth-order valence-corrected chi connectivity index (χ4v) is 2.75. The lowest BCUT2D eigenvalue weighted by atomic mass is 9.96. The van der Waals surface area contributed by atoms with Crippen LogP contribution >= 0.6 is 15.9 Å². The Morgan fingerprint density at radius 1 is 1.42 bits per heavy atom. The van der Waals surface area contributed by atoms with Crippen molar-refractivity contribution in [2.24, 2.45) is 5.92 Å². The van der Waals surface area contributed by atoms with Crippen LogP contribution in [0.15, 0.2) is 15.0 Å². The summed E-state index contributed by atoms with van der Waals surface area (Å²) in [4.78, 5) is 11.3. The van der Waals surface area contributed by atoms with Crippen molar-refractivity contribution in [1.29, 1.82) is 0 Å². The van der Waals surface area contributed by atoms with Crippen molar-refractivity contribution in [2.45, 2.75) is 34.1 Å². The van der Waals surface area contributed by atoms with E-state index >= 15 is 0 Å². The lowest BCUT2D eigenvalue weighted by Crippen LogP contribution is -2.03. The van der Waals surface area contributed by atoms with E-state index in [2.05, 4.69) is 29.8 Å². The van der Waals surface area contributed by atoms with Crippen LogP contribution in [0.1, 0.15) is 41.1 Å². The van der Waals surface area contributed by atoms with Crippen LogP contribution in [0.4, 0.5) is 0 Å². The number of carbonyl (C=O) groups is 1. The Hall–Kier alpha value is -1.29. The molecule has 102 valence electrons. The molecule has 3 nitrogen and oxygen atoms in total. The Bertz CT molecular complexity index is 653. The molecule has 0 radical (unpaired) electrons. The highest BCUT2D eigenvalue weighted by atomic mass is 79.9. The first-order valence-electron chi connectivity index (χ1n) is 6.27.